The third-order valence-electron chi connectivity index (χ3n) is 4.05. The van der Waals surface area contributed by atoms with Crippen molar-refractivity contribution in [2.75, 3.05) is 26.7 Å². The first-order valence-corrected chi connectivity index (χ1v) is 7.74. The predicted octanol–water partition coefficient (Wildman–Crippen LogP) is 2.67. The van der Waals surface area contributed by atoms with E-state index in [1.54, 1.807) is 6.07 Å². The molecular formula is C15H21Cl2N3O3. The van der Waals surface area contributed by atoms with E-state index < -0.39 is 4.92 Å². The standard InChI is InChI=1S/C15H20ClN3O3.ClH/c1-17-10-11-4-6-18(7-5-11)15(20)8-12-2-3-13(19(21)22)9-14(12)16;/h2-3,9,11,17H,4-8,10H2,1H3;1H. The number of nitrogens with zero attached hydrogens (tertiary/aromatic N) is 2. The van der Waals surface area contributed by atoms with Crippen LogP contribution in [0.1, 0.15) is 18.4 Å². The molecule has 0 spiro atoms. The van der Waals surface area contributed by atoms with E-state index in [2.05, 4.69) is 5.32 Å². The van der Waals surface area contributed by atoms with Gasteiger partial charge in [0.2, 0.25) is 5.91 Å². The lowest BCUT2D eigenvalue weighted by atomic mass is 9.96. The maximum Gasteiger partial charge on any atom is 0.270 e. The Morgan fingerprint density at radius 3 is 2.61 bits per heavy atom. The van der Waals surface area contributed by atoms with Gasteiger partial charge in [0, 0.05) is 25.2 Å². The molecule has 0 atom stereocenters. The zero-order valence-electron chi connectivity index (χ0n) is 13.0. The van der Waals surface area contributed by atoms with Crippen LogP contribution in [0, 0.1) is 16.0 Å². The average Bonchev–Trinajstić information content (AvgIpc) is 2.50. The molecule has 1 fully saturated rings. The Labute approximate surface area is 146 Å². The first-order chi connectivity index (χ1) is 10.5. The number of likely N-dealkylation sites (tertiary alicyclic amines) is 1. The fourth-order valence-corrected chi connectivity index (χ4v) is 2.98. The highest BCUT2D eigenvalue weighted by atomic mass is 35.5. The van der Waals surface area contributed by atoms with Crippen molar-refractivity contribution < 1.29 is 9.72 Å². The van der Waals surface area contributed by atoms with Crippen LogP contribution in [0.2, 0.25) is 5.02 Å². The number of rotatable bonds is 5. The number of piperidine rings is 1. The van der Waals surface area contributed by atoms with Crippen LogP contribution in [0.5, 0.6) is 0 Å². The average molecular weight is 362 g/mol. The minimum atomic E-state index is -0.496. The van der Waals surface area contributed by atoms with E-state index in [4.69, 9.17) is 11.6 Å². The smallest absolute Gasteiger partial charge is 0.270 e. The van der Waals surface area contributed by atoms with Gasteiger partial charge in [-0.15, -0.1) is 12.4 Å². The van der Waals surface area contributed by atoms with E-state index in [1.807, 2.05) is 11.9 Å². The van der Waals surface area contributed by atoms with Crippen molar-refractivity contribution in [1.82, 2.24) is 10.2 Å². The molecule has 0 radical (unpaired) electrons. The summed E-state index contributed by atoms with van der Waals surface area (Å²) in [5, 5.41) is 14.1. The molecule has 23 heavy (non-hydrogen) atoms. The van der Waals surface area contributed by atoms with Gasteiger partial charge in [-0.05, 0) is 37.9 Å². The van der Waals surface area contributed by atoms with Gasteiger partial charge in [-0.2, -0.15) is 0 Å². The van der Waals surface area contributed by atoms with E-state index >= 15 is 0 Å². The molecule has 0 bridgehead atoms. The number of nitrogens with one attached hydrogen (secondary N) is 1. The second-order valence-corrected chi connectivity index (χ2v) is 6.00. The van der Waals surface area contributed by atoms with Crippen molar-refractivity contribution in [2.24, 2.45) is 5.92 Å². The zero-order valence-corrected chi connectivity index (χ0v) is 14.5. The quantitative estimate of drug-likeness (QED) is 0.646. The number of halogens is 2. The monoisotopic (exact) mass is 361 g/mol. The van der Waals surface area contributed by atoms with Gasteiger partial charge in [0.15, 0.2) is 0 Å². The largest absolute Gasteiger partial charge is 0.342 e. The predicted molar refractivity (Wildman–Crippen MR) is 92.3 cm³/mol. The first kappa shape index (κ1) is 19.7. The van der Waals surface area contributed by atoms with Crippen LogP contribution in [-0.2, 0) is 11.2 Å². The second kappa shape index (κ2) is 9.05. The van der Waals surface area contributed by atoms with Crippen LogP contribution in [0.25, 0.3) is 0 Å². The molecule has 1 aromatic rings. The van der Waals surface area contributed by atoms with Gasteiger partial charge < -0.3 is 10.2 Å². The summed E-state index contributed by atoms with van der Waals surface area (Å²) >= 11 is 6.04. The second-order valence-electron chi connectivity index (χ2n) is 5.59. The SMILES string of the molecule is CNCC1CCN(C(=O)Cc2ccc([N+](=O)[O-])cc2Cl)CC1.Cl. The van der Waals surface area contributed by atoms with Gasteiger partial charge in [-0.25, -0.2) is 0 Å². The Kier molecular flexibility index (Phi) is 7.75. The van der Waals surface area contributed by atoms with Gasteiger partial charge in [0.1, 0.15) is 0 Å². The molecule has 1 N–H and O–H groups in total. The summed E-state index contributed by atoms with van der Waals surface area (Å²) in [6.07, 6.45) is 2.19. The van der Waals surface area contributed by atoms with E-state index in [-0.39, 0.29) is 35.4 Å². The van der Waals surface area contributed by atoms with Crippen LogP contribution in [0.15, 0.2) is 18.2 Å². The maximum atomic E-state index is 12.3. The lowest BCUT2D eigenvalue weighted by Gasteiger charge is -2.32. The summed E-state index contributed by atoms with van der Waals surface area (Å²) in [6.45, 7) is 2.50. The highest BCUT2D eigenvalue weighted by molar-refractivity contribution is 6.31. The van der Waals surface area contributed by atoms with Crippen molar-refractivity contribution in [2.45, 2.75) is 19.3 Å². The number of hydrogen-bond acceptors (Lipinski definition) is 4. The highest BCUT2D eigenvalue weighted by Gasteiger charge is 2.23. The summed E-state index contributed by atoms with van der Waals surface area (Å²) in [6, 6.07) is 4.24. The Hall–Kier alpha value is -1.37. The molecule has 2 rings (SSSR count). The first-order valence-electron chi connectivity index (χ1n) is 7.36. The topological polar surface area (TPSA) is 75.5 Å². The van der Waals surface area contributed by atoms with Crippen LogP contribution >= 0.6 is 24.0 Å². The molecule has 0 saturated carbocycles. The molecule has 1 aliphatic rings. The number of carbonyl (C=O) groups excluding carboxylic acids is 1. The molecule has 128 valence electrons. The molecule has 8 heteroatoms. The van der Waals surface area contributed by atoms with Crippen molar-refractivity contribution in [3.8, 4) is 0 Å². The summed E-state index contributed by atoms with van der Waals surface area (Å²) in [4.78, 5) is 24.4. The number of nitro groups is 1. The third kappa shape index (κ3) is 5.34. The molecule has 0 unspecified atom stereocenters. The van der Waals surface area contributed by atoms with E-state index in [9.17, 15) is 14.9 Å². The number of amides is 1. The molecule has 1 aromatic carbocycles. The number of carbonyl (C=O) groups is 1. The Morgan fingerprint density at radius 1 is 1.43 bits per heavy atom. The van der Waals surface area contributed by atoms with Gasteiger partial charge in [0.25, 0.3) is 5.69 Å². The molecule has 0 aliphatic carbocycles. The summed E-state index contributed by atoms with van der Waals surface area (Å²) in [5.41, 5.74) is 0.573. The van der Waals surface area contributed by atoms with Crippen LogP contribution < -0.4 is 5.32 Å². The number of benzene rings is 1. The molecule has 1 amide bonds. The lowest BCUT2D eigenvalue weighted by molar-refractivity contribution is -0.384. The van der Waals surface area contributed by atoms with Gasteiger partial charge in [-0.3, -0.25) is 14.9 Å². The minimum Gasteiger partial charge on any atom is -0.342 e. The summed E-state index contributed by atoms with van der Waals surface area (Å²) in [7, 11) is 1.94. The number of non-ortho nitro benzene ring substituents is 1. The zero-order chi connectivity index (χ0) is 16.1. The van der Waals surface area contributed by atoms with Crippen LogP contribution in [-0.4, -0.2) is 42.4 Å². The van der Waals surface area contributed by atoms with Crippen LogP contribution in [0.3, 0.4) is 0 Å². The van der Waals surface area contributed by atoms with Crippen molar-refractivity contribution >= 4 is 35.6 Å². The van der Waals surface area contributed by atoms with Crippen molar-refractivity contribution in [3.63, 3.8) is 0 Å². The minimum absolute atomic E-state index is 0. The van der Waals surface area contributed by atoms with Crippen molar-refractivity contribution in [3.05, 3.63) is 38.9 Å². The normalized spacial score (nSPS) is 15.1. The highest BCUT2D eigenvalue weighted by Crippen LogP contribution is 2.24. The van der Waals surface area contributed by atoms with Gasteiger partial charge >= 0.3 is 0 Å². The molecule has 1 aliphatic heterocycles. The van der Waals surface area contributed by atoms with E-state index in [0.717, 1.165) is 32.5 Å². The Morgan fingerprint density at radius 2 is 2.09 bits per heavy atom. The van der Waals surface area contributed by atoms with E-state index in [1.165, 1.54) is 12.1 Å². The maximum absolute atomic E-state index is 12.3. The fourth-order valence-electron chi connectivity index (χ4n) is 2.74. The fraction of sp³-hybridized carbons (Fsp3) is 0.533. The summed E-state index contributed by atoms with van der Waals surface area (Å²) in [5.74, 6) is 0.649. The molecular weight excluding hydrogens is 341 g/mol. The Balaban J connectivity index is 0.00000264. The van der Waals surface area contributed by atoms with Gasteiger partial charge in [0.05, 0.1) is 16.4 Å². The summed E-state index contributed by atoms with van der Waals surface area (Å²) < 4.78 is 0. The molecule has 1 saturated heterocycles. The number of nitro benzene ring substituents is 1. The molecule has 1 heterocycles. The Bertz CT molecular complexity index is 561. The third-order valence-corrected chi connectivity index (χ3v) is 4.40. The molecule has 0 aromatic heterocycles. The lowest BCUT2D eigenvalue weighted by Crippen LogP contribution is -2.41. The molecule has 6 nitrogen and oxygen atoms in total. The number of hydrogen-bond donors (Lipinski definition) is 1. The van der Waals surface area contributed by atoms with Crippen LogP contribution in [0.4, 0.5) is 5.69 Å². The van der Waals surface area contributed by atoms with Crippen molar-refractivity contribution in [1.29, 1.82) is 0 Å². The van der Waals surface area contributed by atoms with E-state index in [0.29, 0.717) is 11.5 Å². The van der Waals surface area contributed by atoms with Gasteiger partial charge in [-0.1, -0.05) is 17.7 Å².